The predicted octanol–water partition coefficient (Wildman–Crippen LogP) is 3.67. The zero-order valence-corrected chi connectivity index (χ0v) is 17.4. The van der Waals surface area contributed by atoms with Crippen LogP contribution in [0.5, 0.6) is 0 Å². The maximum absolute atomic E-state index is 11.2. The Balaban J connectivity index is 0.00000190. The second-order valence-corrected chi connectivity index (χ2v) is 6.96. The number of carboxylic acids is 1. The molecule has 1 heterocycles. The maximum atomic E-state index is 11.2. The number of rotatable bonds is 11. The van der Waals surface area contributed by atoms with Crippen LogP contribution in [-0.2, 0) is 20.9 Å². The van der Waals surface area contributed by atoms with E-state index in [1.807, 2.05) is 13.8 Å². The first-order chi connectivity index (χ1) is 13.6. The van der Waals surface area contributed by atoms with E-state index < -0.39 is 5.97 Å². The van der Waals surface area contributed by atoms with Gasteiger partial charge in [0.05, 0.1) is 26.6 Å². The van der Waals surface area contributed by atoms with Crippen LogP contribution in [-0.4, -0.2) is 40.8 Å². The van der Waals surface area contributed by atoms with Crippen LogP contribution in [0.1, 0.15) is 89.3 Å². The Morgan fingerprint density at radius 1 is 1.29 bits per heavy atom. The van der Waals surface area contributed by atoms with E-state index in [1.165, 1.54) is 39.2 Å². The lowest BCUT2D eigenvalue weighted by molar-refractivity contribution is -0.139. The number of nitrogens with one attached hydrogen (secondary N) is 1. The van der Waals surface area contributed by atoms with Crippen LogP contribution < -0.4 is 5.32 Å². The van der Waals surface area contributed by atoms with Crippen molar-refractivity contribution in [1.82, 2.24) is 15.5 Å². The van der Waals surface area contributed by atoms with Gasteiger partial charge in [0.15, 0.2) is 5.82 Å². The van der Waals surface area contributed by atoms with E-state index >= 15 is 0 Å². The first-order valence-electron chi connectivity index (χ1n) is 10.4. The van der Waals surface area contributed by atoms with E-state index in [1.54, 1.807) is 0 Å². The lowest BCUT2D eigenvalue weighted by atomic mass is 9.84. The first kappa shape index (κ1) is 24.1. The monoisotopic (exact) mass is 397 g/mol. The molecule has 28 heavy (non-hydrogen) atoms. The third-order valence-corrected chi connectivity index (χ3v) is 4.92. The second-order valence-electron chi connectivity index (χ2n) is 6.96. The Kier molecular flexibility index (Phi) is 12.1. The number of esters is 1. The van der Waals surface area contributed by atoms with Crippen molar-refractivity contribution in [2.24, 2.45) is 5.92 Å². The highest BCUT2D eigenvalue weighted by Gasteiger charge is 2.23. The van der Waals surface area contributed by atoms with Crippen molar-refractivity contribution in [1.29, 1.82) is 0 Å². The van der Waals surface area contributed by atoms with E-state index in [-0.39, 0.29) is 31.4 Å². The van der Waals surface area contributed by atoms with Crippen LogP contribution in [0.15, 0.2) is 4.52 Å². The number of aliphatic carboxylic acids is 1. The fourth-order valence-electron chi connectivity index (χ4n) is 3.51. The number of ether oxygens (including phenoxy) is 1. The topological polar surface area (TPSA) is 115 Å². The lowest BCUT2D eigenvalue weighted by Crippen LogP contribution is -2.23. The number of hydrogen-bond acceptors (Lipinski definition) is 7. The summed E-state index contributed by atoms with van der Waals surface area (Å²) in [6.45, 7) is 4.32. The molecule has 1 atom stereocenters. The molecule has 1 unspecified atom stereocenters. The lowest BCUT2D eigenvalue weighted by Gasteiger charge is -2.21. The molecule has 1 fully saturated rings. The number of aromatic nitrogens is 2. The molecule has 0 aliphatic heterocycles. The quantitative estimate of drug-likeness (QED) is 0.544. The van der Waals surface area contributed by atoms with E-state index in [0.717, 1.165) is 25.2 Å². The van der Waals surface area contributed by atoms with Gasteiger partial charge in [0.2, 0.25) is 5.89 Å². The van der Waals surface area contributed by atoms with Crippen LogP contribution >= 0.6 is 0 Å². The van der Waals surface area contributed by atoms with Gasteiger partial charge in [-0.1, -0.05) is 63.9 Å². The summed E-state index contributed by atoms with van der Waals surface area (Å²) in [7, 11) is 1.32. The molecule has 0 amide bonds. The number of hydrogen-bond donors (Lipinski definition) is 2. The molecule has 8 nitrogen and oxygen atoms in total. The molecule has 0 bridgehead atoms. The molecule has 1 saturated carbocycles. The molecule has 1 aromatic heterocycles. The molecule has 2 N–H and O–H groups in total. The minimum absolute atomic E-state index is 0.0120. The Hall–Kier alpha value is -1.96. The SMILES string of the molecule is CC.COC(=O)CNCc1noc(C(CCCC2CCCCC2)CC(=O)O)n1. The van der Waals surface area contributed by atoms with E-state index in [2.05, 4.69) is 20.2 Å². The van der Waals surface area contributed by atoms with Gasteiger partial charge in [0.25, 0.3) is 0 Å². The van der Waals surface area contributed by atoms with Crippen molar-refractivity contribution in [3.8, 4) is 0 Å². The zero-order chi connectivity index (χ0) is 20.8. The standard InChI is InChI=1S/C18H29N3O5.C2H6/c1-25-17(24)12-19-11-15-20-18(26-21-15)14(10-16(22)23)9-5-8-13-6-3-2-4-7-13;1-2/h13-14,19H,2-12H2,1H3,(H,22,23);1-2H3. The van der Waals surface area contributed by atoms with Crippen LogP contribution in [0.25, 0.3) is 0 Å². The van der Waals surface area contributed by atoms with Gasteiger partial charge in [-0.15, -0.1) is 0 Å². The van der Waals surface area contributed by atoms with Crippen LogP contribution in [0, 0.1) is 5.92 Å². The van der Waals surface area contributed by atoms with Crippen LogP contribution in [0.4, 0.5) is 0 Å². The Labute approximate surface area is 167 Å². The van der Waals surface area contributed by atoms with E-state index in [0.29, 0.717) is 11.7 Å². The van der Waals surface area contributed by atoms with Gasteiger partial charge >= 0.3 is 11.9 Å². The molecular weight excluding hydrogens is 362 g/mol. The Bertz CT molecular complexity index is 570. The van der Waals surface area contributed by atoms with Gasteiger partial charge in [-0.05, 0) is 12.3 Å². The fourth-order valence-corrected chi connectivity index (χ4v) is 3.51. The largest absolute Gasteiger partial charge is 0.481 e. The number of carboxylic acid groups (broad SMARTS) is 1. The van der Waals surface area contributed by atoms with Gasteiger partial charge in [-0.2, -0.15) is 4.98 Å². The minimum Gasteiger partial charge on any atom is -0.481 e. The molecule has 2 rings (SSSR count). The van der Waals surface area contributed by atoms with Crippen molar-refractivity contribution in [2.75, 3.05) is 13.7 Å². The molecule has 0 aromatic carbocycles. The van der Waals surface area contributed by atoms with E-state index in [9.17, 15) is 14.7 Å². The van der Waals surface area contributed by atoms with Crippen molar-refractivity contribution in [2.45, 2.75) is 84.1 Å². The number of methoxy groups -OCH3 is 1. The van der Waals surface area contributed by atoms with Crippen LogP contribution in [0.2, 0.25) is 0 Å². The van der Waals surface area contributed by atoms with Gasteiger partial charge in [0.1, 0.15) is 0 Å². The third-order valence-electron chi connectivity index (χ3n) is 4.92. The number of carbonyl (C=O) groups excluding carboxylic acids is 1. The van der Waals surface area contributed by atoms with Gasteiger partial charge in [-0.3, -0.25) is 14.9 Å². The average Bonchev–Trinajstić information content (AvgIpc) is 3.18. The highest BCUT2D eigenvalue weighted by molar-refractivity contribution is 5.71. The normalized spacial score (nSPS) is 15.4. The van der Waals surface area contributed by atoms with Crippen LogP contribution in [0.3, 0.4) is 0 Å². The molecule has 1 aliphatic carbocycles. The van der Waals surface area contributed by atoms with Crippen molar-refractivity contribution >= 4 is 11.9 Å². The third kappa shape index (κ3) is 9.30. The average molecular weight is 398 g/mol. The molecular formula is C20H35N3O5. The molecule has 1 aliphatic rings. The Morgan fingerprint density at radius 3 is 2.64 bits per heavy atom. The highest BCUT2D eigenvalue weighted by atomic mass is 16.5. The summed E-state index contributed by atoms with van der Waals surface area (Å²) >= 11 is 0. The smallest absolute Gasteiger partial charge is 0.319 e. The van der Waals surface area contributed by atoms with Gasteiger partial charge in [-0.25, -0.2) is 0 Å². The summed E-state index contributed by atoms with van der Waals surface area (Å²) in [5, 5.41) is 15.9. The summed E-state index contributed by atoms with van der Waals surface area (Å²) in [4.78, 5) is 26.5. The number of carbonyl (C=O) groups is 2. The summed E-state index contributed by atoms with van der Waals surface area (Å²) in [6.07, 6.45) is 9.39. The summed E-state index contributed by atoms with van der Waals surface area (Å²) in [6, 6.07) is 0. The zero-order valence-electron chi connectivity index (χ0n) is 17.4. The predicted molar refractivity (Wildman–Crippen MR) is 105 cm³/mol. The maximum Gasteiger partial charge on any atom is 0.319 e. The van der Waals surface area contributed by atoms with Crippen molar-refractivity contribution in [3.63, 3.8) is 0 Å². The summed E-state index contributed by atoms with van der Waals surface area (Å²) in [5.41, 5.74) is 0. The van der Waals surface area contributed by atoms with Gasteiger partial charge in [0, 0.05) is 5.92 Å². The molecule has 0 radical (unpaired) electrons. The van der Waals surface area contributed by atoms with E-state index in [4.69, 9.17) is 4.52 Å². The molecule has 0 saturated heterocycles. The first-order valence-corrected chi connectivity index (χ1v) is 10.4. The van der Waals surface area contributed by atoms with Crippen molar-refractivity contribution in [3.05, 3.63) is 11.7 Å². The number of nitrogens with zero attached hydrogens (tertiary/aromatic N) is 2. The van der Waals surface area contributed by atoms with Crippen molar-refractivity contribution < 1.29 is 24.0 Å². The molecule has 0 spiro atoms. The molecule has 8 heteroatoms. The highest BCUT2D eigenvalue weighted by Crippen LogP contribution is 2.31. The Morgan fingerprint density at radius 2 is 2.00 bits per heavy atom. The second kappa shape index (κ2) is 14.1. The molecule has 160 valence electrons. The van der Waals surface area contributed by atoms with Gasteiger partial charge < -0.3 is 14.4 Å². The summed E-state index contributed by atoms with van der Waals surface area (Å²) < 4.78 is 9.81. The minimum atomic E-state index is -0.865. The fraction of sp³-hybridized carbons (Fsp3) is 0.800. The summed E-state index contributed by atoms with van der Waals surface area (Å²) in [5.74, 6) is 0.0434. The molecule has 1 aromatic rings.